The molecule has 3 aliphatic rings. The molecule has 1 aromatic carbocycles. The molecule has 0 aliphatic heterocycles. The first-order valence-electron chi connectivity index (χ1n) is 10.7. The highest BCUT2D eigenvalue weighted by atomic mass is 32.1. The van der Waals surface area contributed by atoms with Gasteiger partial charge >= 0.3 is 0 Å². The fourth-order valence-electron chi connectivity index (χ4n) is 4.81. The van der Waals surface area contributed by atoms with Crippen LogP contribution < -0.4 is 10.2 Å². The van der Waals surface area contributed by atoms with Gasteiger partial charge in [0, 0.05) is 25.9 Å². The van der Waals surface area contributed by atoms with Gasteiger partial charge in [0.25, 0.3) is 0 Å². The quantitative estimate of drug-likeness (QED) is 0.477. The summed E-state index contributed by atoms with van der Waals surface area (Å²) >= 11 is 1.61. The number of hydrogen-bond acceptors (Lipinski definition) is 9. The van der Waals surface area contributed by atoms with Crippen LogP contribution in [0.4, 0.5) is 11.8 Å². The Labute approximate surface area is 183 Å². The highest BCUT2D eigenvalue weighted by molar-refractivity contribution is 7.21. The molecule has 0 radical (unpaired) electrons. The number of fused-ring (bicyclic) bond motifs is 2. The number of hydrogen-bond donors (Lipinski definition) is 4. The van der Waals surface area contributed by atoms with E-state index in [9.17, 15) is 15.3 Å². The fourth-order valence-corrected chi connectivity index (χ4v) is 5.83. The number of benzene rings is 1. The van der Waals surface area contributed by atoms with Crippen LogP contribution in [0.1, 0.15) is 30.9 Å². The molecule has 3 aliphatic carbocycles. The van der Waals surface area contributed by atoms with Crippen molar-refractivity contribution in [1.82, 2.24) is 15.0 Å². The maximum Gasteiger partial charge on any atom is 0.227 e. The number of rotatable bonds is 5. The molecular formula is C22H25N5O3S. The van der Waals surface area contributed by atoms with E-state index in [1.54, 1.807) is 11.3 Å². The summed E-state index contributed by atoms with van der Waals surface area (Å²) in [5.41, 5.74) is 1.39. The Kier molecular flexibility index (Phi) is 4.11. The zero-order chi connectivity index (χ0) is 21.5. The van der Waals surface area contributed by atoms with Crippen molar-refractivity contribution in [3.63, 3.8) is 0 Å². The Morgan fingerprint density at radius 3 is 2.52 bits per heavy atom. The molecule has 9 heteroatoms. The van der Waals surface area contributed by atoms with Crippen LogP contribution in [-0.4, -0.2) is 68.2 Å². The van der Waals surface area contributed by atoms with Crippen molar-refractivity contribution in [2.24, 2.45) is 5.92 Å². The first-order chi connectivity index (χ1) is 14.9. The molecule has 6 rings (SSSR count). The van der Waals surface area contributed by atoms with E-state index in [1.165, 1.54) is 0 Å². The normalized spacial score (nSPS) is 31.6. The zero-order valence-corrected chi connectivity index (χ0v) is 18.2. The van der Waals surface area contributed by atoms with Crippen molar-refractivity contribution < 1.29 is 15.3 Å². The standard InChI is InChI=1S/C22H25N5O3S/c1-27(2)21-25-16(10-7-8-10)15(20-24-12-5-3-4-6-14(12)31-20)19(26-21)23-13-9-11-17(28)22(11,30)18(13)29/h3-6,10-11,13,17-18,28-30H,7-9H2,1-2H3,(H,23,25,26)/t11-,13-,17?,18+,22+/m1/s1. The monoisotopic (exact) mass is 439 g/mol. The number of anilines is 2. The highest BCUT2D eigenvalue weighted by Crippen LogP contribution is 2.56. The molecule has 4 N–H and O–H groups in total. The third-order valence-corrected chi connectivity index (χ3v) is 7.88. The lowest BCUT2D eigenvalue weighted by Gasteiger charge is -2.26. The predicted octanol–water partition coefficient (Wildman–Crippen LogP) is 1.96. The molecule has 2 aromatic heterocycles. The average molecular weight is 440 g/mol. The lowest BCUT2D eigenvalue weighted by Crippen LogP contribution is -2.42. The summed E-state index contributed by atoms with van der Waals surface area (Å²) in [4.78, 5) is 16.4. The Hall–Kier alpha value is -2.33. The van der Waals surface area contributed by atoms with Gasteiger partial charge in [-0.2, -0.15) is 4.98 Å². The first-order valence-corrected chi connectivity index (χ1v) is 11.5. The van der Waals surface area contributed by atoms with E-state index in [0.29, 0.717) is 24.1 Å². The molecule has 0 bridgehead atoms. The summed E-state index contributed by atoms with van der Waals surface area (Å²) in [6.07, 6.45) is 0.743. The van der Waals surface area contributed by atoms with E-state index < -0.39 is 23.9 Å². The van der Waals surface area contributed by atoms with Gasteiger partial charge in [-0.3, -0.25) is 0 Å². The van der Waals surface area contributed by atoms with Gasteiger partial charge in [0.1, 0.15) is 22.5 Å². The van der Waals surface area contributed by atoms with Crippen molar-refractivity contribution >= 4 is 33.3 Å². The second-order valence-corrected chi connectivity index (χ2v) is 10.2. The predicted molar refractivity (Wildman–Crippen MR) is 119 cm³/mol. The first kappa shape index (κ1) is 19.4. The van der Waals surface area contributed by atoms with Gasteiger partial charge in [0.15, 0.2) is 0 Å². The molecule has 3 fully saturated rings. The number of thiazole rings is 1. The molecule has 2 heterocycles. The molecule has 8 nitrogen and oxygen atoms in total. The van der Waals surface area contributed by atoms with Crippen molar-refractivity contribution in [3.05, 3.63) is 30.0 Å². The summed E-state index contributed by atoms with van der Waals surface area (Å²) < 4.78 is 1.10. The van der Waals surface area contributed by atoms with E-state index in [0.717, 1.165) is 39.3 Å². The molecule has 3 aromatic rings. The number of nitrogens with one attached hydrogen (secondary N) is 1. The van der Waals surface area contributed by atoms with Crippen molar-refractivity contribution in [2.75, 3.05) is 24.3 Å². The highest BCUT2D eigenvalue weighted by Gasteiger charge is 2.74. The summed E-state index contributed by atoms with van der Waals surface area (Å²) in [6.45, 7) is 0. The van der Waals surface area contributed by atoms with Crippen molar-refractivity contribution in [1.29, 1.82) is 0 Å². The van der Waals surface area contributed by atoms with Gasteiger partial charge < -0.3 is 25.5 Å². The number of aromatic nitrogens is 3. The molecular weight excluding hydrogens is 414 g/mol. The van der Waals surface area contributed by atoms with E-state index in [4.69, 9.17) is 15.0 Å². The second-order valence-electron chi connectivity index (χ2n) is 9.16. The van der Waals surface area contributed by atoms with Crippen LogP contribution in [0.15, 0.2) is 24.3 Å². The number of aliphatic hydroxyl groups is 3. The Balaban J connectivity index is 1.47. The summed E-state index contributed by atoms with van der Waals surface area (Å²) in [7, 11) is 3.82. The van der Waals surface area contributed by atoms with Gasteiger partial charge in [-0.15, -0.1) is 11.3 Å². The van der Waals surface area contributed by atoms with Gasteiger partial charge in [-0.1, -0.05) is 12.1 Å². The van der Waals surface area contributed by atoms with Gasteiger partial charge in [-0.05, 0) is 31.4 Å². The minimum absolute atomic E-state index is 0.302. The Morgan fingerprint density at radius 1 is 1.10 bits per heavy atom. The third kappa shape index (κ3) is 2.87. The van der Waals surface area contributed by atoms with Crippen LogP contribution in [0.3, 0.4) is 0 Å². The Bertz CT molecular complexity index is 1150. The maximum absolute atomic E-state index is 10.7. The molecule has 1 unspecified atom stereocenters. The van der Waals surface area contributed by atoms with E-state index >= 15 is 0 Å². The van der Waals surface area contributed by atoms with Crippen LogP contribution in [0, 0.1) is 5.92 Å². The lowest BCUT2D eigenvalue weighted by molar-refractivity contribution is -0.0262. The van der Waals surface area contributed by atoms with E-state index in [1.807, 2.05) is 37.2 Å². The van der Waals surface area contributed by atoms with Crippen LogP contribution in [0.2, 0.25) is 0 Å². The number of para-hydroxylation sites is 1. The molecule has 0 amide bonds. The number of nitrogens with zero attached hydrogens (tertiary/aromatic N) is 4. The van der Waals surface area contributed by atoms with Crippen molar-refractivity contribution in [3.8, 4) is 10.6 Å². The van der Waals surface area contributed by atoms with Crippen LogP contribution in [0.5, 0.6) is 0 Å². The molecule has 0 spiro atoms. The van der Waals surface area contributed by atoms with Gasteiger partial charge in [0.05, 0.1) is 33.6 Å². The topological polar surface area (TPSA) is 115 Å². The molecule has 5 atom stereocenters. The summed E-state index contributed by atoms with van der Waals surface area (Å²) in [6, 6.07) is 7.64. The van der Waals surface area contributed by atoms with Crippen LogP contribution in [0.25, 0.3) is 20.8 Å². The second kappa shape index (κ2) is 6.59. The molecule has 3 saturated carbocycles. The maximum atomic E-state index is 10.7. The number of aliphatic hydroxyl groups excluding tert-OH is 2. The molecule has 0 saturated heterocycles. The smallest absolute Gasteiger partial charge is 0.227 e. The zero-order valence-electron chi connectivity index (χ0n) is 17.4. The van der Waals surface area contributed by atoms with Crippen LogP contribution in [-0.2, 0) is 0 Å². The fraction of sp³-hybridized carbons (Fsp3) is 0.500. The SMILES string of the molecule is CN(C)c1nc(N[C@@H]2C[C@@H]3C(O)[C@]3(O)[C@H]2O)c(-c2nc3ccccc3s2)c(C2CC2)n1. The summed E-state index contributed by atoms with van der Waals surface area (Å²) in [5, 5.41) is 35.4. The third-order valence-electron chi connectivity index (χ3n) is 6.82. The Morgan fingerprint density at radius 2 is 1.87 bits per heavy atom. The largest absolute Gasteiger partial charge is 0.390 e. The van der Waals surface area contributed by atoms with Crippen LogP contribution >= 0.6 is 11.3 Å². The van der Waals surface area contributed by atoms with Crippen molar-refractivity contribution in [2.45, 2.75) is 49.0 Å². The minimum Gasteiger partial charge on any atom is -0.390 e. The van der Waals surface area contributed by atoms with E-state index in [-0.39, 0.29) is 5.92 Å². The lowest BCUT2D eigenvalue weighted by atomic mass is 10.1. The summed E-state index contributed by atoms with van der Waals surface area (Å²) in [5.74, 6) is 1.30. The van der Waals surface area contributed by atoms with Gasteiger partial charge in [-0.25, -0.2) is 9.97 Å². The molecule has 31 heavy (non-hydrogen) atoms. The van der Waals surface area contributed by atoms with E-state index in [2.05, 4.69) is 11.4 Å². The average Bonchev–Trinajstić information content (AvgIpc) is 3.60. The molecule has 162 valence electrons. The van der Waals surface area contributed by atoms with Gasteiger partial charge in [0.2, 0.25) is 5.95 Å². The minimum atomic E-state index is -1.41.